The van der Waals surface area contributed by atoms with Gasteiger partial charge in [-0.1, -0.05) is 6.07 Å². The standard InChI is InChI=1S/C14H20N2O4/c1-16(14(17)13(8-15)18-2)9-10-3-4-11-12(7-10)20-6-5-19-11/h3-4,7,13H,5-6,8-9,15H2,1-2H3. The second kappa shape index (κ2) is 6.58. The molecule has 0 fully saturated rings. The first-order chi connectivity index (χ1) is 9.65. The summed E-state index contributed by atoms with van der Waals surface area (Å²) in [6, 6.07) is 5.67. The van der Waals surface area contributed by atoms with Crippen molar-refractivity contribution in [2.75, 3.05) is 33.9 Å². The molecule has 110 valence electrons. The van der Waals surface area contributed by atoms with Crippen molar-refractivity contribution in [3.8, 4) is 11.5 Å². The quantitative estimate of drug-likeness (QED) is 0.844. The SMILES string of the molecule is COC(CN)C(=O)N(C)Cc1ccc2c(c1)OCCO2. The van der Waals surface area contributed by atoms with E-state index in [1.54, 1.807) is 11.9 Å². The molecule has 2 rings (SSSR count). The summed E-state index contributed by atoms with van der Waals surface area (Å²) in [6.07, 6.45) is -0.600. The van der Waals surface area contributed by atoms with E-state index < -0.39 is 6.10 Å². The normalized spacial score (nSPS) is 14.8. The lowest BCUT2D eigenvalue weighted by Crippen LogP contribution is -2.41. The first-order valence-electron chi connectivity index (χ1n) is 6.52. The van der Waals surface area contributed by atoms with E-state index in [4.69, 9.17) is 19.9 Å². The minimum absolute atomic E-state index is 0.134. The van der Waals surface area contributed by atoms with Crippen molar-refractivity contribution in [2.24, 2.45) is 5.73 Å². The number of benzene rings is 1. The first-order valence-corrected chi connectivity index (χ1v) is 6.52. The summed E-state index contributed by atoms with van der Waals surface area (Å²) in [5, 5.41) is 0. The van der Waals surface area contributed by atoms with Crippen LogP contribution >= 0.6 is 0 Å². The van der Waals surface area contributed by atoms with Gasteiger partial charge in [0.1, 0.15) is 19.3 Å². The Hall–Kier alpha value is -1.79. The van der Waals surface area contributed by atoms with Crippen LogP contribution in [-0.4, -0.2) is 50.8 Å². The zero-order chi connectivity index (χ0) is 14.5. The Morgan fingerprint density at radius 3 is 2.75 bits per heavy atom. The van der Waals surface area contributed by atoms with Crippen molar-refractivity contribution in [1.82, 2.24) is 4.90 Å². The van der Waals surface area contributed by atoms with E-state index >= 15 is 0 Å². The van der Waals surface area contributed by atoms with E-state index in [0.717, 1.165) is 17.1 Å². The molecule has 2 N–H and O–H groups in total. The molecule has 0 saturated carbocycles. The fourth-order valence-electron chi connectivity index (χ4n) is 2.08. The van der Waals surface area contributed by atoms with Gasteiger partial charge in [0.25, 0.3) is 5.91 Å². The van der Waals surface area contributed by atoms with Crippen LogP contribution in [0.2, 0.25) is 0 Å². The van der Waals surface area contributed by atoms with Gasteiger partial charge in [0.2, 0.25) is 0 Å². The van der Waals surface area contributed by atoms with Gasteiger partial charge in [-0.15, -0.1) is 0 Å². The molecule has 1 aliphatic heterocycles. The van der Waals surface area contributed by atoms with Crippen LogP contribution < -0.4 is 15.2 Å². The predicted molar refractivity (Wildman–Crippen MR) is 73.8 cm³/mol. The smallest absolute Gasteiger partial charge is 0.253 e. The highest BCUT2D eigenvalue weighted by molar-refractivity contribution is 5.80. The number of hydrogen-bond acceptors (Lipinski definition) is 5. The summed E-state index contributed by atoms with van der Waals surface area (Å²) in [5.74, 6) is 1.33. The Balaban J connectivity index is 2.04. The van der Waals surface area contributed by atoms with E-state index in [2.05, 4.69) is 0 Å². The minimum Gasteiger partial charge on any atom is -0.486 e. The maximum Gasteiger partial charge on any atom is 0.253 e. The number of likely N-dealkylation sites (N-methyl/N-ethyl adjacent to an activating group) is 1. The Labute approximate surface area is 118 Å². The summed E-state index contributed by atoms with van der Waals surface area (Å²) in [4.78, 5) is 13.7. The molecule has 6 heteroatoms. The summed E-state index contributed by atoms with van der Waals surface area (Å²) < 4.78 is 16.0. The number of ether oxygens (including phenoxy) is 3. The van der Waals surface area contributed by atoms with Crippen LogP contribution in [0.15, 0.2) is 18.2 Å². The molecular formula is C14H20N2O4. The molecule has 1 amide bonds. The molecule has 0 spiro atoms. The summed E-state index contributed by atoms with van der Waals surface area (Å²) in [5.41, 5.74) is 6.47. The average Bonchev–Trinajstić information content (AvgIpc) is 2.48. The van der Waals surface area contributed by atoms with Crippen LogP contribution in [0.25, 0.3) is 0 Å². The molecule has 1 atom stereocenters. The van der Waals surface area contributed by atoms with Gasteiger partial charge < -0.3 is 24.8 Å². The Bertz CT molecular complexity index is 474. The van der Waals surface area contributed by atoms with Crippen LogP contribution in [0, 0.1) is 0 Å². The number of hydrogen-bond donors (Lipinski definition) is 1. The predicted octanol–water partition coefficient (Wildman–Crippen LogP) is 0.390. The van der Waals surface area contributed by atoms with Crippen molar-refractivity contribution in [2.45, 2.75) is 12.6 Å². The first kappa shape index (κ1) is 14.6. The molecule has 0 aliphatic carbocycles. The van der Waals surface area contributed by atoms with Crippen LogP contribution in [0.4, 0.5) is 0 Å². The number of rotatable bonds is 5. The zero-order valence-electron chi connectivity index (χ0n) is 11.8. The largest absolute Gasteiger partial charge is 0.486 e. The number of fused-ring (bicyclic) bond motifs is 1. The number of amides is 1. The highest BCUT2D eigenvalue weighted by atomic mass is 16.6. The Morgan fingerprint density at radius 2 is 2.10 bits per heavy atom. The second-order valence-corrected chi connectivity index (χ2v) is 4.63. The number of methoxy groups -OCH3 is 1. The van der Waals surface area contributed by atoms with Crippen molar-refractivity contribution >= 4 is 5.91 Å². The van der Waals surface area contributed by atoms with Crippen molar-refractivity contribution < 1.29 is 19.0 Å². The van der Waals surface area contributed by atoms with Crippen molar-refractivity contribution in [1.29, 1.82) is 0 Å². The number of carbonyl (C=O) groups excluding carboxylic acids is 1. The maximum absolute atomic E-state index is 12.1. The lowest BCUT2D eigenvalue weighted by molar-refractivity contribution is -0.140. The van der Waals surface area contributed by atoms with Crippen molar-refractivity contribution in [3.05, 3.63) is 23.8 Å². The molecule has 20 heavy (non-hydrogen) atoms. The lowest BCUT2D eigenvalue weighted by atomic mass is 10.1. The maximum atomic E-state index is 12.1. The van der Waals surface area contributed by atoms with Crippen LogP contribution in [-0.2, 0) is 16.1 Å². The molecule has 1 aliphatic rings. The van der Waals surface area contributed by atoms with E-state index in [1.807, 2.05) is 18.2 Å². The lowest BCUT2D eigenvalue weighted by Gasteiger charge is -2.23. The van der Waals surface area contributed by atoms with Gasteiger partial charge in [-0.2, -0.15) is 0 Å². The van der Waals surface area contributed by atoms with Gasteiger partial charge in [0.05, 0.1) is 0 Å². The second-order valence-electron chi connectivity index (χ2n) is 4.63. The third-order valence-electron chi connectivity index (χ3n) is 3.18. The van der Waals surface area contributed by atoms with Gasteiger partial charge in [-0.25, -0.2) is 0 Å². The Morgan fingerprint density at radius 1 is 1.40 bits per heavy atom. The Kier molecular flexibility index (Phi) is 4.81. The summed E-state index contributed by atoms with van der Waals surface area (Å²) >= 11 is 0. The van der Waals surface area contributed by atoms with E-state index in [9.17, 15) is 4.79 Å². The number of nitrogens with zero attached hydrogens (tertiary/aromatic N) is 1. The number of nitrogens with two attached hydrogens (primary N) is 1. The molecule has 1 aromatic rings. The van der Waals surface area contributed by atoms with E-state index in [-0.39, 0.29) is 12.5 Å². The summed E-state index contributed by atoms with van der Waals surface area (Å²) in [7, 11) is 3.20. The fourth-order valence-corrected chi connectivity index (χ4v) is 2.08. The zero-order valence-corrected chi connectivity index (χ0v) is 11.8. The molecule has 0 aromatic heterocycles. The molecule has 0 saturated heterocycles. The third-order valence-corrected chi connectivity index (χ3v) is 3.18. The monoisotopic (exact) mass is 280 g/mol. The fraction of sp³-hybridized carbons (Fsp3) is 0.500. The molecule has 1 aromatic carbocycles. The van der Waals surface area contributed by atoms with Gasteiger partial charge in [-0.05, 0) is 17.7 Å². The van der Waals surface area contributed by atoms with Crippen LogP contribution in [0.1, 0.15) is 5.56 Å². The third kappa shape index (κ3) is 3.20. The van der Waals surface area contributed by atoms with Crippen molar-refractivity contribution in [3.63, 3.8) is 0 Å². The molecule has 1 heterocycles. The number of carbonyl (C=O) groups is 1. The topological polar surface area (TPSA) is 74.0 Å². The minimum atomic E-state index is -0.600. The van der Waals surface area contributed by atoms with E-state index in [1.165, 1.54) is 7.11 Å². The van der Waals surface area contributed by atoms with Gasteiger partial charge >= 0.3 is 0 Å². The highest BCUT2D eigenvalue weighted by Crippen LogP contribution is 2.31. The van der Waals surface area contributed by atoms with Crippen LogP contribution in [0.5, 0.6) is 11.5 Å². The molecule has 6 nitrogen and oxygen atoms in total. The molecule has 0 radical (unpaired) electrons. The van der Waals surface area contributed by atoms with Gasteiger partial charge in [0.15, 0.2) is 11.5 Å². The van der Waals surface area contributed by atoms with Gasteiger partial charge in [-0.3, -0.25) is 4.79 Å². The molecule has 1 unspecified atom stereocenters. The summed E-state index contributed by atoms with van der Waals surface area (Å²) in [6.45, 7) is 1.75. The molecular weight excluding hydrogens is 260 g/mol. The highest BCUT2D eigenvalue weighted by Gasteiger charge is 2.21. The van der Waals surface area contributed by atoms with Crippen LogP contribution in [0.3, 0.4) is 0 Å². The molecule has 0 bridgehead atoms. The van der Waals surface area contributed by atoms with E-state index in [0.29, 0.717) is 19.8 Å². The average molecular weight is 280 g/mol. The van der Waals surface area contributed by atoms with Gasteiger partial charge in [0, 0.05) is 27.2 Å².